The SMILES string of the molecule is O=C(C[NH+]1CCC[C@@H]2CCCC[C@@H]21)Nc1cc(C(F)(F)F)ccc1-n1cncn1. The van der Waals surface area contributed by atoms with E-state index in [4.69, 9.17) is 0 Å². The number of quaternary nitrogens is 1. The van der Waals surface area contributed by atoms with Crippen molar-refractivity contribution in [2.45, 2.75) is 50.7 Å². The van der Waals surface area contributed by atoms with Crippen LogP contribution in [0.5, 0.6) is 0 Å². The number of halogens is 3. The molecule has 1 aliphatic heterocycles. The van der Waals surface area contributed by atoms with Crippen molar-refractivity contribution in [1.82, 2.24) is 14.8 Å². The Bertz CT molecular complexity index is 850. The molecule has 1 aromatic heterocycles. The molecule has 0 spiro atoms. The average Bonchev–Trinajstić information content (AvgIpc) is 3.22. The lowest BCUT2D eigenvalue weighted by atomic mass is 9.78. The average molecular weight is 408 g/mol. The first kappa shape index (κ1) is 19.9. The van der Waals surface area contributed by atoms with Gasteiger partial charge in [0.15, 0.2) is 6.54 Å². The molecule has 0 bridgehead atoms. The van der Waals surface area contributed by atoms with Gasteiger partial charge in [0.25, 0.3) is 5.91 Å². The molecule has 1 saturated heterocycles. The standard InChI is InChI=1S/C20H24F3N5O/c21-20(22,23)15-7-8-18(28-13-24-12-25-28)16(10-15)26-19(29)11-27-9-3-5-14-4-1-2-6-17(14)27/h7-8,10,12-14,17H,1-6,9,11H2,(H,26,29)/p+1/t14-,17-/m0/s1. The highest BCUT2D eigenvalue weighted by molar-refractivity contribution is 5.93. The summed E-state index contributed by atoms with van der Waals surface area (Å²) in [5.74, 6) is 0.395. The molecular formula is C20H25F3N5O+. The van der Waals surface area contributed by atoms with E-state index in [0.717, 1.165) is 31.5 Å². The Morgan fingerprint density at radius 3 is 2.76 bits per heavy atom. The maximum absolute atomic E-state index is 13.2. The third-order valence-electron chi connectivity index (χ3n) is 6.16. The Morgan fingerprint density at radius 2 is 2.00 bits per heavy atom. The third-order valence-corrected chi connectivity index (χ3v) is 6.16. The second kappa shape index (κ2) is 8.14. The number of nitrogens with zero attached hydrogens (tertiary/aromatic N) is 3. The zero-order valence-corrected chi connectivity index (χ0v) is 16.1. The largest absolute Gasteiger partial charge is 0.416 e. The van der Waals surface area contributed by atoms with E-state index in [0.29, 0.717) is 17.6 Å². The monoisotopic (exact) mass is 408 g/mol. The molecule has 2 aliphatic rings. The highest BCUT2D eigenvalue weighted by atomic mass is 19.4. The predicted octanol–water partition coefficient (Wildman–Crippen LogP) is 2.46. The fourth-order valence-electron chi connectivity index (χ4n) is 4.83. The van der Waals surface area contributed by atoms with Gasteiger partial charge in [-0.3, -0.25) is 4.79 Å². The van der Waals surface area contributed by atoms with Crippen LogP contribution in [0.1, 0.15) is 44.1 Å². The van der Waals surface area contributed by atoms with Crippen LogP contribution in [-0.4, -0.2) is 39.8 Å². The lowest BCUT2D eigenvalue weighted by molar-refractivity contribution is -0.928. The molecule has 1 aromatic carbocycles. The number of carbonyl (C=O) groups excluding carboxylic acids is 1. The zero-order valence-electron chi connectivity index (χ0n) is 16.1. The lowest BCUT2D eigenvalue weighted by Gasteiger charge is -2.40. The molecule has 2 N–H and O–H groups in total. The van der Waals surface area contributed by atoms with Gasteiger partial charge >= 0.3 is 6.18 Å². The molecule has 3 atom stereocenters. The number of hydrogen-bond acceptors (Lipinski definition) is 3. The molecule has 1 unspecified atom stereocenters. The van der Waals surface area contributed by atoms with Gasteiger partial charge < -0.3 is 10.2 Å². The molecule has 2 heterocycles. The van der Waals surface area contributed by atoms with E-state index in [1.807, 2.05) is 0 Å². The first-order chi connectivity index (χ1) is 13.9. The molecule has 2 fully saturated rings. The molecular weight excluding hydrogens is 383 g/mol. The first-order valence-electron chi connectivity index (χ1n) is 10.1. The lowest BCUT2D eigenvalue weighted by Crippen LogP contribution is -3.18. The normalized spacial score (nSPS) is 24.7. The summed E-state index contributed by atoms with van der Waals surface area (Å²) in [6.45, 7) is 1.21. The summed E-state index contributed by atoms with van der Waals surface area (Å²) in [6, 6.07) is 3.73. The number of fused-ring (bicyclic) bond motifs is 1. The summed E-state index contributed by atoms with van der Waals surface area (Å²) in [4.78, 5) is 17.9. The van der Waals surface area contributed by atoms with Crippen molar-refractivity contribution in [2.75, 3.05) is 18.4 Å². The van der Waals surface area contributed by atoms with Gasteiger partial charge in [-0.05, 0) is 50.3 Å². The smallest absolute Gasteiger partial charge is 0.324 e. The first-order valence-corrected chi connectivity index (χ1v) is 10.1. The number of aromatic nitrogens is 3. The van der Waals surface area contributed by atoms with Crippen molar-refractivity contribution in [1.29, 1.82) is 0 Å². The molecule has 29 heavy (non-hydrogen) atoms. The summed E-state index contributed by atoms with van der Waals surface area (Å²) < 4.78 is 40.9. The molecule has 4 rings (SSSR count). The van der Waals surface area contributed by atoms with Crippen molar-refractivity contribution in [2.24, 2.45) is 5.92 Å². The van der Waals surface area contributed by atoms with Crippen molar-refractivity contribution in [3.63, 3.8) is 0 Å². The number of anilines is 1. The van der Waals surface area contributed by atoms with Crippen LogP contribution in [-0.2, 0) is 11.0 Å². The predicted molar refractivity (Wildman–Crippen MR) is 101 cm³/mol. The molecule has 1 aliphatic carbocycles. The summed E-state index contributed by atoms with van der Waals surface area (Å²) in [6.07, 6.45) is 5.31. The molecule has 1 amide bonds. The Morgan fingerprint density at radius 1 is 1.21 bits per heavy atom. The van der Waals surface area contributed by atoms with Crippen LogP contribution in [0.25, 0.3) is 5.69 Å². The Kier molecular flexibility index (Phi) is 5.58. The van der Waals surface area contributed by atoms with Crippen molar-refractivity contribution in [3.8, 4) is 5.69 Å². The van der Waals surface area contributed by atoms with Gasteiger partial charge in [0.05, 0.1) is 29.5 Å². The van der Waals surface area contributed by atoms with Crippen LogP contribution in [0.4, 0.5) is 18.9 Å². The number of likely N-dealkylation sites (tertiary alicyclic amines) is 1. The topological polar surface area (TPSA) is 64.2 Å². The van der Waals surface area contributed by atoms with Crippen LogP contribution in [0.2, 0.25) is 0 Å². The molecule has 0 radical (unpaired) electrons. The number of amides is 1. The molecule has 156 valence electrons. The second-order valence-electron chi connectivity index (χ2n) is 8.00. The second-order valence-corrected chi connectivity index (χ2v) is 8.00. The van der Waals surface area contributed by atoms with Gasteiger partial charge in [0.2, 0.25) is 0 Å². The number of piperidine rings is 1. The molecule has 2 aromatic rings. The third kappa shape index (κ3) is 4.44. The molecule has 6 nitrogen and oxygen atoms in total. The van der Waals surface area contributed by atoms with E-state index in [1.54, 1.807) is 0 Å². The summed E-state index contributed by atoms with van der Waals surface area (Å²) in [5, 5.41) is 6.69. The summed E-state index contributed by atoms with van der Waals surface area (Å²) in [7, 11) is 0. The van der Waals surface area contributed by atoms with Gasteiger partial charge in [-0.2, -0.15) is 18.3 Å². The van der Waals surface area contributed by atoms with Gasteiger partial charge in [-0.1, -0.05) is 6.42 Å². The fraction of sp³-hybridized carbons (Fsp3) is 0.550. The zero-order chi connectivity index (χ0) is 20.4. The van der Waals surface area contributed by atoms with Crippen LogP contribution >= 0.6 is 0 Å². The molecule has 9 heteroatoms. The fourth-order valence-corrected chi connectivity index (χ4v) is 4.83. The van der Waals surface area contributed by atoms with Crippen LogP contribution < -0.4 is 10.2 Å². The maximum atomic E-state index is 13.2. The number of alkyl halides is 3. The van der Waals surface area contributed by atoms with Crippen LogP contribution in [0.3, 0.4) is 0 Å². The minimum atomic E-state index is -4.49. The Labute approximate surface area is 167 Å². The van der Waals surface area contributed by atoms with E-state index >= 15 is 0 Å². The van der Waals surface area contributed by atoms with Gasteiger partial charge in [-0.25, -0.2) is 9.67 Å². The summed E-state index contributed by atoms with van der Waals surface area (Å²) >= 11 is 0. The van der Waals surface area contributed by atoms with E-state index in [2.05, 4.69) is 15.4 Å². The van der Waals surface area contributed by atoms with E-state index in [1.165, 1.54) is 54.0 Å². The van der Waals surface area contributed by atoms with Crippen molar-refractivity contribution < 1.29 is 22.9 Å². The van der Waals surface area contributed by atoms with E-state index < -0.39 is 11.7 Å². The van der Waals surface area contributed by atoms with Gasteiger partial charge in [-0.15, -0.1) is 0 Å². The summed E-state index contributed by atoms with van der Waals surface area (Å²) in [5.41, 5.74) is -0.366. The number of nitrogens with one attached hydrogen (secondary N) is 2. The van der Waals surface area contributed by atoms with E-state index in [-0.39, 0.29) is 18.1 Å². The molecule has 1 saturated carbocycles. The number of benzene rings is 1. The number of carbonyl (C=O) groups is 1. The van der Waals surface area contributed by atoms with Gasteiger partial charge in [0, 0.05) is 5.92 Å². The highest BCUT2D eigenvalue weighted by Gasteiger charge is 2.37. The Balaban J connectivity index is 1.53. The number of rotatable bonds is 4. The van der Waals surface area contributed by atoms with Crippen LogP contribution in [0.15, 0.2) is 30.9 Å². The van der Waals surface area contributed by atoms with Crippen LogP contribution in [0, 0.1) is 5.92 Å². The minimum absolute atomic E-state index is 0.0897. The Hall–Kier alpha value is -2.42. The minimum Gasteiger partial charge on any atom is -0.324 e. The van der Waals surface area contributed by atoms with Crippen molar-refractivity contribution in [3.05, 3.63) is 36.4 Å². The quantitative estimate of drug-likeness (QED) is 0.817. The maximum Gasteiger partial charge on any atom is 0.416 e. The highest BCUT2D eigenvalue weighted by Crippen LogP contribution is 2.33. The van der Waals surface area contributed by atoms with Crippen molar-refractivity contribution >= 4 is 11.6 Å². The van der Waals surface area contributed by atoms with Gasteiger partial charge in [0.1, 0.15) is 12.7 Å². The van der Waals surface area contributed by atoms with E-state index in [9.17, 15) is 18.0 Å². The number of hydrogen-bond donors (Lipinski definition) is 2.